The summed E-state index contributed by atoms with van der Waals surface area (Å²) < 4.78 is 10.8. The molecular weight excluding hydrogens is 326 g/mol. The van der Waals surface area contributed by atoms with Gasteiger partial charge < -0.3 is 14.8 Å². The van der Waals surface area contributed by atoms with Crippen molar-refractivity contribution in [3.63, 3.8) is 0 Å². The largest absolute Gasteiger partial charge is 0.497 e. The number of rotatable bonds is 7. The summed E-state index contributed by atoms with van der Waals surface area (Å²) in [6.45, 7) is 4.75. The van der Waals surface area contributed by atoms with Gasteiger partial charge in [0.15, 0.2) is 0 Å². The van der Waals surface area contributed by atoms with Crippen molar-refractivity contribution >= 4 is 17.5 Å². The maximum absolute atomic E-state index is 11.9. The second-order valence-electron chi connectivity index (χ2n) is 5.59. The molecule has 4 nitrogen and oxygen atoms in total. The number of aryl methyl sites for hydroxylation is 2. The Balaban J connectivity index is 1.74. The van der Waals surface area contributed by atoms with Gasteiger partial charge in [0.1, 0.15) is 18.1 Å². The van der Waals surface area contributed by atoms with Gasteiger partial charge in [0.2, 0.25) is 5.91 Å². The Morgan fingerprint density at radius 3 is 2.29 bits per heavy atom. The number of carbonyl (C=O) groups is 1. The van der Waals surface area contributed by atoms with Crippen molar-refractivity contribution < 1.29 is 14.3 Å². The minimum Gasteiger partial charge on any atom is -0.497 e. The summed E-state index contributed by atoms with van der Waals surface area (Å²) in [4.78, 5) is 11.9. The van der Waals surface area contributed by atoms with E-state index >= 15 is 0 Å². The van der Waals surface area contributed by atoms with Gasteiger partial charge in [-0.05, 0) is 54.8 Å². The van der Waals surface area contributed by atoms with E-state index in [2.05, 4.69) is 5.32 Å². The Hall–Kier alpha value is -2.20. The molecule has 0 aliphatic heterocycles. The zero-order chi connectivity index (χ0) is 17.5. The predicted molar refractivity (Wildman–Crippen MR) is 96.1 cm³/mol. The molecule has 0 fully saturated rings. The van der Waals surface area contributed by atoms with Crippen LogP contribution in [0.5, 0.6) is 11.5 Å². The summed E-state index contributed by atoms with van der Waals surface area (Å²) in [5, 5.41) is 3.61. The third-order valence-corrected chi connectivity index (χ3v) is 4.22. The molecule has 128 valence electrons. The van der Waals surface area contributed by atoms with Crippen molar-refractivity contribution in [2.75, 3.05) is 20.3 Å². The monoisotopic (exact) mass is 347 g/mol. The van der Waals surface area contributed by atoms with Crippen LogP contribution in [0.3, 0.4) is 0 Å². The van der Waals surface area contributed by atoms with Crippen molar-refractivity contribution in [3.05, 3.63) is 58.1 Å². The Morgan fingerprint density at radius 1 is 1.08 bits per heavy atom. The topological polar surface area (TPSA) is 47.6 Å². The predicted octanol–water partition coefficient (Wildman–Crippen LogP) is 3.70. The van der Waals surface area contributed by atoms with Crippen molar-refractivity contribution in [3.8, 4) is 11.5 Å². The van der Waals surface area contributed by atoms with Gasteiger partial charge in [0, 0.05) is 5.02 Å². The third-order valence-electron chi connectivity index (χ3n) is 3.63. The zero-order valence-electron chi connectivity index (χ0n) is 14.2. The van der Waals surface area contributed by atoms with E-state index < -0.39 is 0 Å². The SMILES string of the molecule is COc1ccc(CC(=O)NCCOc2cc(C)c(Cl)c(C)c2)cc1. The second kappa shape index (κ2) is 8.60. The number of methoxy groups -OCH3 is 1. The first kappa shape index (κ1) is 18.1. The van der Waals surface area contributed by atoms with E-state index in [1.165, 1.54) is 0 Å². The Bertz CT molecular complexity index is 675. The van der Waals surface area contributed by atoms with Crippen LogP contribution >= 0.6 is 11.6 Å². The quantitative estimate of drug-likeness (QED) is 0.777. The van der Waals surface area contributed by atoms with Gasteiger partial charge in [-0.2, -0.15) is 0 Å². The number of carbonyl (C=O) groups excluding carboxylic acids is 1. The Morgan fingerprint density at radius 2 is 1.71 bits per heavy atom. The Kier molecular flexibility index (Phi) is 6.50. The maximum atomic E-state index is 11.9. The lowest BCUT2D eigenvalue weighted by atomic mass is 10.1. The van der Waals surface area contributed by atoms with Crippen LogP contribution in [-0.4, -0.2) is 26.2 Å². The smallest absolute Gasteiger partial charge is 0.224 e. The summed E-state index contributed by atoms with van der Waals surface area (Å²) in [5.74, 6) is 1.51. The van der Waals surface area contributed by atoms with Crippen LogP contribution in [0, 0.1) is 13.8 Å². The molecule has 0 heterocycles. The number of amides is 1. The molecule has 24 heavy (non-hydrogen) atoms. The van der Waals surface area contributed by atoms with Crippen molar-refractivity contribution in [2.24, 2.45) is 0 Å². The van der Waals surface area contributed by atoms with E-state index in [1.807, 2.05) is 50.2 Å². The third kappa shape index (κ3) is 5.17. The van der Waals surface area contributed by atoms with Gasteiger partial charge in [-0.3, -0.25) is 4.79 Å². The van der Waals surface area contributed by atoms with Crippen LogP contribution in [0.15, 0.2) is 36.4 Å². The number of nitrogens with one attached hydrogen (secondary N) is 1. The fourth-order valence-electron chi connectivity index (χ4n) is 2.34. The fraction of sp³-hybridized carbons (Fsp3) is 0.316. The lowest BCUT2D eigenvalue weighted by molar-refractivity contribution is -0.120. The second-order valence-corrected chi connectivity index (χ2v) is 5.97. The minimum absolute atomic E-state index is 0.0350. The van der Waals surface area contributed by atoms with E-state index in [1.54, 1.807) is 7.11 Å². The molecule has 2 rings (SSSR count). The van der Waals surface area contributed by atoms with Gasteiger partial charge in [-0.15, -0.1) is 0 Å². The van der Waals surface area contributed by atoms with Crippen LogP contribution in [0.1, 0.15) is 16.7 Å². The van der Waals surface area contributed by atoms with Crippen molar-refractivity contribution in [1.82, 2.24) is 5.32 Å². The summed E-state index contributed by atoms with van der Waals surface area (Å²) in [6.07, 6.45) is 0.336. The summed E-state index contributed by atoms with van der Waals surface area (Å²) in [6, 6.07) is 11.2. The number of hydrogen-bond acceptors (Lipinski definition) is 3. The molecule has 5 heteroatoms. The van der Waals surface area contributed by atoms with Crippen molar-refractivity contribution in [1.29, 1.82) is 0 Å². The lowest BCUT2D eigenvalue weighted by Crippen LogP contribution is -2.29. The van der Waals surface area contributed by atoms with Crippen LogP contribution in [0.4, 0.5) is 0 Å². The normalized spacial score (nSPS) is 10.3. The van der Waals surface area contributed by atoms with E-state index in [0.717, 1.165) is 33.2 Å². The van der Waals surface area contributed by atoms with E-state index in [4.69, 9.17) is 21.1 Å². The van der Waals surface area contributed by atoms with Gasteiger partial charge in [-0.25, -0.2) is 0 Å². The number of halogens is 1. The van der Waals surface area contributed by atoms with E-state index in [9.17, 15) is 4.79 Å². The lowest BCUT2D eigenvalue weighted by Gasteiger charge is -2.11. The molecule has 0 bridgehead atoms. The van der Waals surface area contributed by atoms with Crippen LogP contribution in [0.25, 0.3) is 0 Å². The standard InChI is InChI=1S/C19H22ClNO3/c1-13-10-17(11-14(2)19(13)20)24-9-8-21-18(22)12-15-4-6-16(23-3)7-5-15/h4-7,10-11H,8-9,12H2,1-3H3,(H,21,22). The average molecular weight is 348 g/mol. The molecule has 0 aliphatic carbocycles. The number of benzene rings is 2. The van der Waals surface area contributed by atoms with E-state index in [-0.39, 0.29) is 5.91 Å². The fourth-order valence-corrected chi connectivity index (χ4v) is 2.45. The molecule has 0 saturated heterocycles. The highest BCUT2D eigenvalue weighted by Crippen LogP contribution is 2.25. The molecule has 0 aliphatic rings. The van der Waals surface area contributed by atoms with Gasteiger partial charge in [0.05, 0.1) is 20.1 Å². The molecule has 0 radical (unpaired) electrons. The highest BCUT2D eigenvalue weighted by atomic mass is 35.5. The molecule has 0 spiro atoms. The Labute approximate surface area is 147 Å². The van der Waals surface area contributed by atoms with Crippen LogP contribution in [0.2, 0.25) is 5.02 Å². The maximum Gasteiger partial charge on any atom is 0.224 e. The zero-order valence-corrected chi connectivity index (χ0v) is 14.9. The van der Waals surface area contributed by atoms with Crippen LogP contribution in [-0.2, 0) is 11.2 Å². The first-order valence-electron chi connectivity index (χ1n) is 7.79. The summed E-state index contributed by atoms with van der Waals surface area (Å²) in [7, 11) is 1.62. The summed E-state index contributed by atoms with van der Waals surface area (Å²) in [5.41, 5.74) is 2.91. The highest BCUT2D eigenvalue weighted by Gasteiger charge is 2.05. The van der Waals surface area contributed by atoms with Gasteiger partial charge in [0.25, 0.3) is 0 Å². The molecule has 2 aromatic rings. The molecular formula is C19H22ClNO3. The van der Waals surface area contributed by atoms with Crippen molar-refractivity contribution in [2.45, 2.75) is 20.3 Å². The van der Waals surface area contributed by atoms with Crippen LogP contribution < -0.4 is 14.8 Å². The molecule has 1 amide bonds. The first-order valence-corrected chi connectivity index (χ1v) is 8.16. The molecule has 1 N–H and O–H groups in total. The molecule has 0 aromatic heterocycles. The molecule has 0 saturated carbocycles. The first-order chi connectivity index (χ1) is 11.5. The average Bonchev–Trinajstić information content (AvgIpc) is 2.57. The number of hydrogen-bond donors (Lipinski definition) is 1. The number of ether oxygens (including phenoxy) is 2. The molecule has 0 unspecified atom stereocenters. The minimum atomic E-state index is -0.0350. The summed E-state index contributed by atoms with van der Waals surface area (Å²) >= 11 is 6.13. The highest BCUT2D eigenvalue weighted by molar-refractivity contribution is 6.32. The van der Waals surface area contributed by atoms with E-state index in [0.29, 0.717) is 19.6 Å². The molecule has 0 atom stereocenters. The van der Waals surface area contributed by atoms with Gasteiger partial charge in [-0.1, -0.05) is 23.7 Å². The van der Waals surface area contributed by atoms with Gasteiger partial charge >= 0.3 is 0 Å². The molecule has 2 aromatic carbocycles.